The van der Waals surface area contributed by atoms with Gasteiger partial charge in [0.05, 0.1) is 6.61 Å². The van der Waals surface area contributed by atoms with E-state index in [1.165, 1.54) is 6.07 Å². The lowest BCUT2D eigenvalue weighted by Crippen LogP contribution is -2.46. The highest BCUT2D eigenvalue weighted by Crippen LogP contribution is 2.14. The second-order valence-corrected chi connectivity index (χ2v) is 5.06. The number of aliphatic hydroxyl groups excluding tert-OH is 1. The van der Waals surface area contributed by atoms with Crippen molar-refractivity contribution in [3.63, 3.8) is 0 Å². The SMILES string of the molecule is N=C(N)c1ccc(CN2CCN(CCO)CC2)c(F)c1. The van der Waals surface area contributed by atoms with Crippen molar-refractivity contribution in [1.82, 2.24) is 9.80 Å². The first-order valence-corrected chi connectivity index (χ1v) is 6.78. The largest absolute Gasteiger partial charge is 0.395 e. The number of hydrogen-bond donors (Lipinski definition) is 3. The van der Waals surface area contributed by atoms with Crippen LogP contribution in [-0.2, 0) is 6.54 Å². The molecule has 0 radical (unpaired) electrons. The monoisotopic (exact) mass is 280 g/mol. The van der Waals surface area contributed by atoms with E-state index >= 15 is 0 Å². The number of nitrogens with two attached hydrogens (primary N) is 1. The predicted octanol–water partition coefficient (Wildman–Crippen LogP) is 0.220. The topological polar surface area (TPSA) is 76.6 Å². The van der Waals surface area contributed by atoms with Crippen molar-refractivity contribution in [2.45, 2.75) is 6.54 Å². The van der Waals surface area contributed by atoms with Crippen molar-refractivity contribution in [3.05, 3.63) is 35.1 Å². The first kappa shape index (κ1) is 14.9. The van der Waals surface area contributed by atoms with Gasteiger partial charge in [-0.25, -0.2) is 4.39 Å². The average Bonchev–Trinajstić information content (AvgIpc) is 2.43. The summed E-state index contributed by atoms with van der Waals surface area (Å²) in [6.07, 6.45) is 0. The third-order valence-electron chi connectivity index (χ3n) is 3.64. The molecule has 1 aliphatic heterocycles. The van der Waals surface area contributed by atoms with Gasteiger partial charge < -0.3 is 10.8 Å². The number of nitrogen functional groups attached to an aromatic ring is 1. The summed E-state index contributed by atoms with van der Waals surface area (Å²) in [7, 11) is 0. The zero-order chi connectivity index (χ0) is 14.5. The Kier molecular flexibility index (Phi) is 5.05. The Morgan fingerprint density at radius 3 is 2.45 bits per heavy atom. The Bertz CT molecular complexity index is 472. The van der Waals surface area contributed by atoms with Crippen LogP contribution in [0.1, 0.15) is 11.1 Å². The van der Waals surface area contributed by atoms with Gasteiger partial charge in [-0.1, -0.05) is 12.1 Å². The van der Waals surface area contributed by atoms with Crippen molar-refractivity contribution >= 4 is 5.84 Å². The van der Waals surface area contributed by atoms with E-state index in [9.17, 15) is 4.39 Å². The fourth-order valence-corrected chi connectivity index (χ4v) is 2.40. The Morgan fingerprint density at radius 1 is 1.25 bits per heavy atom. The smallest absolute Gasteiger partial charge is 0.128 e. The number of benzene rings is 1. The minimum absolute atomic E-state index is 0.118. The molecule has 4 N–H and O–H groups in total. The number of β-amino-alcohol motifs (C(OH)–C–C–N with tert-alkyl or cyclic N) is 1. The van der Waals surface area contributed by atoms with E-state index in [0.717, 1.165) is 26.2 Å². The number of piperazine rings is 1. The van der Waals surface area contributed by atoms with E-state index in [0.29, 0.717) is 24.2 Å². The molecule has 1 aromatic rings. The lowest BCUT2D eigenvalue weighted by Gasteiger charge is -2.34. The molecule has 5 nitrogen and oxygen atoms in total. The van der Waals surface area contributed by atoms with Crippen molar-refractivity contribution in [2.75, 3.05) is 39.3 Å². The number of nitrogens with zero attached hydrogens (tertiary/aromatic N) is 2. The number of halogens is 1. The lowest BCUT2D eigenvalue weighted by atomic mass is 10.1. The Morgan fingerprint density at radius 2 is 1.90 bits per heavy atom. The summed E-state index contributed by atoms with van der Waals surface area (Å²) in [6, 6.07) is 4.70. The van der Waals surface area contributed by atoms with E-state index in [-0.39, 0.29) is 18.3 Å². The molecule has 0 spiro atoms. The van der Waals surface area contributed by atoms with Crippen molar-refractivity contribution in [3.8, 4) is 0 Å². The molecule has 1 saturated heterocycles. The van der Waals surface area contributed by atoms with Crippen LogP contribution < -0.4 is 5.73 Å². The maximum Gasteiger partial charge on any atom is 0.128 e. The molecule has 0 aromatic heterocycles. The van der Waals surface area contributed by atoms with E-state index in [2.05, 4.69) is 9.80 Å². The average molecular weight is 280 g/mol. The van der Waals surface area contributed by atoms with Gasteiger partial charge in [0.15, 0.2) is 0 Å². The third kappa shape index (κ3) is 3.75. The quantitative estimate of drug-likeness (QED) is 0.533. The Hall–Kier alpha value is -1.50. The van der Waals surface area contributed by atoms with Crippen LogP contribution in [0.2, 0.25) is 0 Å². The first-order valence-electron chi connectivity index (χ1n) is 6.78. The standard InChI is InChI=1S/C14H21FN4O/c15-13-9-11(14(16)17)1-2-12(13)10-19-5-3-18(4-6-19)7-8-20/h1-2,9,20H,3-8,10H2,(H3,16,17). The van der Waals surface area contributed by atoms with Crippen LogP contribution in [-0.4, -0.2) is 60.1 Å². The number of aliphatic hydroxyl groups is 1. The van der Waals surface area contributed by atoms with E-state index in [4.69, 9.17) is 16.2 Å². The first-order chi connectivity index (χ1) is 9.60. The number of rotatable bonds is 5. The third-order valence-corrected chi connectivity index (χ3v) is 3.64. The van der Waals surface area contributed by atoms with Gasteiger partial charge in [-0.2, -0.15) is 0 Å². The van der Waals surface area contributed by atoms with E-state index in [1.807, 2.05) is 0 Å². The fraction of sp³-hybridized carbons (Fsp3) is 0.500. The fourth-order valence-electron chi connectivity index (χ4n) is 2.40. The molecule has 0 unspecified atom stereocenters. The summed E-state index contributed by atoms with van der Waals surface area (Å²) in [4.78, 5) is 4.39. The Labute approximate surface area is 118 Å². The molecular formula is C14H21FN4O. The van der Waals surface area contributed by atoms with E-state index < -0.39 is 0 Å². The van der Waals surface area contributed by atoms with E-state index in [1.54, 1.807) is 12.1 Å². The summed E-state index contributed by atoms with van der Waals surface area (Å²) < 4.78 is 13.9. The summed E-state index contributed by atoms with van der Waals surface area (Å²) in [5, 5.41) is 16.2. The highest BCUT2D eigenvalue weighted by atomic mass is 19.1. The molecule has 0 amide bonds. The second kappa shape index (κ2) is 6.78. The number of nitrogens with one attached hydrogen (secondary N) is 1. The number of amidine groups is 1. The van der Waals surface area contributed by atoms with Crippen LogP contribution in [0, 0.1) is 11.2 Å². The van der Waals surface area contributed by atoms with Crippen LogP contribution in [0.4, 0.5) is 4.39 Å². The Balaban J connectivity index is 1.93. The van der Waals surface area contributed by atoms with Crippen molar-refractivity contribution in [2.24, 2.45) is 5.73 Å². The van der Waals surface area contributed by atoms with Crippen LogP contribution in [0.15, 0.2) is 18.2 Å². The van der Waals surface area contributed by atoms with Gasteiger partial charge in [0.2, 0.25) is 0 Å². The second-order valence-electron chi connectivity index (χ2n) is 5.06. The molecule has 1 heterocycles. The molecule has 0 bridgehead atoms. The molecule has 2 rings (SSSR count). The van der Waals surface area contributed by atoms with Gasteiger partial charge in [0.25, 0.3) is 0 Å². The molecule has 1 aliphatic rings. The highest BCUT2D eigenvalue weighted by Gasteiger charge is 2.17. The summed E-state index contributed by atoms with van der Waals surface area (Å²) in [5.74, 6) is -0.427. The van der Waals surface area contributed by atoms with Crippen LogP contribution in [0.3, 0.4) is 0 Å². The molecule has 20 heavy (non-hydrogen) atoms. The zero-order valence-electron chi connectivity index (χ0n) is 11.5. The van der Waals surface area contributed by atoms with Gasteiger partial charge in [-0.15, -0.1) is 0 Å². The highest BCUT2D eigenvalue weighted by molar-refractivity contribution is 5.94. The van der Waals surface area contributed by atoms with Crippen molar-refractivity contribution in [1.29, 1.82) is 5.41 Å². The molecule has 1 fully saturated rings. The van der Waals surface area contributed by atoms with Gasteiger partial charge in [0, 0.05) is 50.4 Å². The summed E-state index contributed by atoms with van der Waals surface area (Å²) in [5.41, 5.74) is 6.39. The maximum absolute atomic E-state index is 13.9. The lowest BCUT2D eigenvalue weighted by molar-refractivity contribution is 0.108. The minimum Gasteiger partial charge on any atom is -0.395 e. The molecule has 1 aromatic carbocycles. The molecule has 0 saturated carbocycles. The summed E-state index contributed by atoms with van der Waals surface area (Å²) in [6.45, 7) is 4.98. The molecule has 0 aliphatic carbocycles. The molecule has 0 atom stereocenters. The van der Waals surface area contributed by atoms with Crippen molar-refractivity contribution < 1.29 is 9.50 Å². The normalized spacial score (nSPS) is 17.3. The molecule has 110 valence electrons. The van der Waals surface area contributed by atoms with Crippen LogP contribution in [0.5, 0.6) is 0 Å². The number of hydrogen-bond acceptors (Lipinski definition) is 4. The van der Waals surface area contributed by atoms with Gasteiger partial charge >= 0.3 is 0 Å². The van der Waals surface area contributed by atoms with Gasteiger partial charge in [-0.05, 0) is 6.07 Å². The van der Waals surface area contributed by atoms with Gasteiger partial charge in [-0.3, -0.25) is 15.2 Å². The zero-order valence-corrected chi connectivity index (χ0v) is 11.5. The maximum atomic E-state index is 13.9. The predicted molar refractivity (Wildman–Crippen MR) is 76.2 cm³/mol. The van der Waals surface area contributed by atoms with Crippen LogP contribution in [0.25, 0.3) is 0 Å². The molecular weight excluding hydrogens is 259 g/mol. The molecule has 6 heteroatoms. The minimum atomic E-state index is -0.310. The summed E-state index contributed by atoms with van der Waals surface area (Å²) >= 11 is 0. The van der Waals surface area contributed by atoms with Crippen LogP contribution >= 0.6 is 0 Å². The van der Waals surface area contributed by atoms with Gasteiger partial charge in [0.1, 0.15) is 11.7 Å².